The molecule has 0 unspecified atom stereocenters. The van der Waals surface area contributed by atoms with Crippen LogP contribution in [0.3, 0.4) is 0 Å². The average Bonchev–Trinajstić information content (AvgIpc) is 2.14. The monoisotopic (exact) mass is 260 g/mol. The first-order valence-electron chi connectivity index (χ1n) is 5.40. The van der Waals surface area contributed by atoms with E-state index in [-0.39, 0.29) is 15.6 Å². The summed E-state index contributed by atoms with van der Waals surface area (Å²) >= 11 is 6.86. The summed E-state index contributed by atoms with van der Waals surface area (Å²) in [6.45, 7) is 9.47. The van der Waals surface area contributed by atoms with Gasteiger partial charge in [0.25, 0.3) is 0 Å². The van der Waals surface area contributed by atoms with E-state index >= 15 is 0 Å². The number of nitrogens with two attached hydrogens (primary N) is 1. The molecule has 1 heterocycles. The Bertz CT molecular complexity index is 313. The maximum atomic E-state index is 12.3. The predicted octanol–water partition coefficient (Wildman–Crippen LogP) is 1.65. The second-order valence-corrected chi connectivity index (χ2v) is 7.57. The van der Waals surface area contributed by atoms with E-state index in [1.54, 1.807) is 13.8 Å². The second kappa shape index (κ2) is 4.53. The maximum Gasteiger partial charge on any atom is 0.235 e. The minimum atomic E-state index is -0.729. The number of hydrogen-bond donors (Lipinski definition) is 1. The van der Waals surface area contributed by atoms with Crippen LogP contribution in [-0.2, 0) is 4.79 Å². The van der Waals surface area contributed by atoms with Crippen LogP contribution >= 0.6 is 24.0 Å². The molecule has 0 aromatic heterocycles. The summed E-state index contributed by atoms with van der Waals surface area (Å²) in [4.78, 5) is 14.5. The molecule has 1 fully saturated rings. The summed E-state index contributed by atoms with van der Waals surface area (Å²) in [6.07, 6.45) is 0. The second-order valence-electron chi connectivity index (χ2n) is 5.32. The fourth-order valence-corrected chi connectivity index (χ4v) is 2.89. The largest absolute Gasteiger partial charge is 0.392 e. The summed E-state index contributed by atoms with van der Waals surface area (Å²) in [5.41, 5.74) is 4.90. The molecule has 3 nitrogen and oxygen atoms in total. The number of carbonyl (C=O) groups is 1. The van der Waals surface area contributed by atoms with Crippen molar-refractivity contribution in [2.75, 3.05) is 18.8 Å². The summed E-state index contributed by atoms with van der Waals surface area (Å²) in [5.74, 6) is 1.03. The number of thiocarbonyl (C=S) groups is 1. The molecule has 92 valence electrons. The van der Waals surface area contributed by atoms with Gasteiger partial charge in [0.1, 0.15) is 0 Å². The molecule has 0 aliphatic carbocycles. The minimum Gasteiger partial charge on any atom is -0.392 e. The van der Waals surface area contributed by atoms with Crippen LogP contribution in [-0.4, -0.2) is 39.4 Å². The van der Waals surface area contributed by atoms with Crippen molar-refractivity contribution in [2.24, 2.45) is 11.1 Å². The third kappa shape index (κ3) is 2.88. The Kier molecular flexibility index (Phi) is 3.90. The minimum absolute atomic E-state index is 0.0494. The fraction of sp³-hybridized carbons (Fsp3) is 0.818. The summed E-state index contributed by atoms with van der Waals surface area (Å²) in [7, 11) is 0. The van der Waals surface area contributed by atoms with Crippen molar-refractivity contribution in [1.29, 1.82) is 0 Å². The van der Waals surface area contributed by atoms with Gasteiger partial charge in [-0.05, 0) is 27.7 Å². The molecular formula is C11H20N2OS2. The van der Waals surface area contributed by atoms with E-state index in [0.717, 1.165) is 18.8 Å². The number of nitrogens with zero attached hydrogens (tertiary/aromatic N) is 1. The van der Waals surface area contributed by atoms with Crippen molar-refractivity contribution >= 4 is 34.9 Å². The molecule has 0 aromatic carbocycles. The van der Waals surface area contributed by atoms with E-state index in [9.17, 15) is 4.79 Å². The van der Waals surface area contributed by atoms with E-state index in [1.807, 2.05) is 16.7 Å². The molecule has 1 rings (SSSR count). The van der Waals surface area contributed by atoms with Crippen molar-refractivity contribution in [3.05, 3.63) is 0 Å². The zero-order chi connectivity index (χ0) is 12.6. The molecule has 1 amide bonds. The Labute approximate surface area is 107 Å². The molecule has 16 heavy (non-hydrogen) atoms. The highest BCUT2D eigenvalue weighted by atomic mass is 32.2. The quantitative estimate of drug-likeness (QED) is 0.767. The Morgan fingerprint density at radius 2 is 2.06 bits per heavy atom. The van der Waals surface area contributed by atoms with Gasteiger partial charge >= 0.3 is 0 Å². The lowest BCUT2D eigenvalue weighted by atomic mass is 9.91. The topological polar surface area (TPSA) is 46.3 Å². The van der Waals surface area contributed by atoms with Crippen molar-refractivity contribution in [3.63, 3.8) is 0 Å². The van der Waals surface area contributed by atoms with E-state index in [1.165, 1.54) is 0 Å². The summed E-state index contributed by atoms with van der Waals surface area (Å²) < 4.78 is 0.125. The Hall–Kier alpha value is -0.290. The van der Waals surface area contributed by atoms with Crippen LogP contribution in [0.4, 0.5) is 0 Å². The third-order valence-electron chi connectivity index (χ3n) is 2.86. The van der Waals surface area contributed by atoms with E-state index in [0.29, 0.717) is 0 Å². The Morgan fingerprint density at radius 1 is 1.50 bits per heavy atom. The number of rotatable bonds is 2. The number of carbonyl (C=O) groups excluding carboxylic acids is 1. The molecule has 0 saturated carbocycles. The maximum absolute atomic E-state index is 12.3. The number of amides is 1. The van der Waals surface area contributed by atoms with Crippen molar-refractivity contribution < 1.29 is 4.79 Å². The van der Waals surface area contributed by atoms with Crippen LogP contribution in [0.15, 0.2) is 0 Å². The lowest BCUT2D eigenvalue weighted by molar-refractivity contribution is -0.137. The first kappa shape index (κ1) is 13.8. The van der Waals surface area contributed by atoms with Crippen LogP contribution in [0.5, 0.6) is 0 Å². The lowest BCUT2D eigenvalue weighted by Gasteiger charge is -2.40. The number of thioether (sulfide) groups is 1. The van der Waals surface area contributed by atoms with Gasteiger partial charge < -0.3 is 10.6 Å². The van der Waals surface area contributed by atoms with Gasteiger partial charge in [0.15, 0.2) is 0 Å². The first-order valence-corrected chi connectivity index (χ1v) is 6.79. The normalized spacial score (nSPS) is 20.6. The van der Waals surface area contributed by atoms with Gasteiger partial charge in [-0.2, -0.15) is 11.8 Å². The van der Waals surface area contributed by atoms with Crippen molar-refractivity contribution in [2.45, 2.75) is 32.4 Å². The molecule has 2 N–H and O–H groups in total. The van der Waals surface area contributed by atoms with E-state index in [2.05, 4.69) is 13.8 Å². The smallest absolute Gasteiger partial charge is 0.235 e. The zero-order valence-corrected chi connectivity index (χ0v) is 12.0. The summed E-state index contributed by atoms with van der Waals surface area (Å²) in [6, 6.07) is 0. The summed E-state index contributed by atoms with van der Waals surface area (Å²) in [5, 5.41) is 0. The van der Waals surface area contributed by atoms with E-state index < -0.39 is 5.41 Å². The standard InChI is InChI=1S/C11H20N2OS2/c1-10(2)7-13(5-6-16-10)9(14)11(3,4)8(12)15/h5-7H2,1-4H3,(H2,12,15). The van der Waals surface area contributed by atoms with E-state index in [4.69, 9.17) is 18.0 Å². The highest BCUT2D eigenvalue weighted by Crippen LogP contribution is 2.31. The molecular weight excluding hydrogens is 240 g/mol. The Morgan fingerprint density at radius 3 is 2.50 bits per heavy atom. The highest BCUT2D eigenvalue weighted by molar-refractivity contribution is 8.00. The molecule has 1 saturated heterocycles. The van der Waals surface area contributed by atoms with Gasteiger partial charge in [-0.25, -0.2) is 0 Å². The van der Waals surface area contributed by atoms with Crippen LogP contribution < -0.4 is 5.73 Å². The SMILES string of the molecule is CC1(C)CN(C(=O)C(C)(C)C(N)=S)CCS1. The molecule has 0 radical (unpaired) electrons. The van der Waals surface area contributed by atoms with Crippen molar-refractivity contribution in [3.8, 4) is 0 Å². The van der Waals surface area contributed by atoms with Gasteiger partial charge in [-0.3, -0.25) is 4.79 Å². The molecule has 0 aromatic rings. The zero-order valence-electron chi connectivity index (χ0n) is 10.4. The number of hydrogen-bond acceptors (Lipinski definition) is 3. The third-order valence-corrected chi connectivity index (χ3v) is 4.67. The molecule has 0 spiro atoms. The highest BCUT2D eigenvalue weighted by Gasteiger charge is 2.38. The van der Waals surface area contributed by atoms with Crippen LogP contribution in [0, 0.1) is 5.41 Å². The molecule has 1 aliphatic heterocycles. The van der Waals surface area contributed by atoms with Gasteiger partial charge in [0, 0.05) is 23.6 Å². The Balaban J connectivity index is 2.79. The van der Waals surface area contributed by atoms with Gasteiger partial charge in [0.2, 0.25) is 5.91 Å². The molecule has 5 heteroatoms. The molecule has 0 atom stereocenters. The first-order chi connectivity index (χ1) is 7.17. The molecule has 0 bridgehead atoms. The van der Waals surface area contributed by atoms with Gasteiger partial charge in [0.05, 0.1) is 10.4 Å². The fourth-order valence-electron chi connectivity index (χ4n) is 1.69. The average molecular weight is 260 g/mol. The van der Waals surface area contributed by atoms with Gasteiger partial charge in [-0.15, -0.1) is 0 Å². The van der Waals surface area contributed by atoms with Gasteiger partial charge in [-0.1, -0.05) is 12.2 Å². The van der Waals surface area contributed by atoms with Crippen LogP contribution in [0.2, 0.25) is 0 Å². The van der Waals surface area contributed by atoms with Crippen LogP contribution in [0.25, 0.3) is 0 Å². The van der Waals surface area contributed by atoms with Crippen molar-refractivity contribution in [1.82, 2.24) is 4.90 Å². The molecule has 1 aliphatic rings. The predicted molar refractivity (Wildman–Crippen MR) is 73.7 cm³/mol. The lowest BCUT2D eigenvalue weighted by Crippen LogP contribution is -2.53. The van der Waals surface area contributed by atoms with Crippen LogP contribution in [0.1, 0.15) is 27.7 Å².